The van der Waals surface area contributed by atoms with Crippen LogP contribution in [-0.4, -0.2) is 37.6 Å². The highest BCUT2D eigenvalue weighted by molar-refractivity contribution is 5.86. The average molecular weight is 522 g/mol. The van der Waals surface area contributed by atoms with Crippen LogP contribution in [0.15, 0.2) is 72.9 Å². The Kier molecular flexibility index (Phi) is 8.27. The van der Waals surface area contributed by atoms with Gasteiger partial charge in [-0.2, -0.15) is 0 Å². The number of aryl methyl sites for hydroxylation is 1. The second-order valence-corrected chi connectivity index (χ2v) is 10.0. The Morgan fingerprint density at radius 2 is 1.74 bits per heavy atom. The number of aromatic nitrogens is 4. The van der Waals surface area contributed by atoms with Gasteiger partial charge in [0.15, 0.2) is 0 Å². The van der Waals surface area contributed by atoms with Gasteiger partial charge in [-0.15, -0.1) is 0 Å². The SMILES string of the molecule is CCC(=O)CCCC(=O)C[C@H](NCCn1c(C)nc2ccccc21)c1ncc(-c2ccc3ccccc3c2)[nH]1. The number of H-pyrrole nitrogens is 1. The largest absolute Gasteiger partial charge is 0.341 e. The van der Waals surface area contributed by atoms with Crippen LogP contribution in [0.1, 0.15) is 56.7 Å². The van der Waals surface area contributed by atoms with Crippen LogP contribution in [0, 0.1) is 6.92 Å². The molecule has 2 heterocycles. The summed E-state index contributed by atoms with van der Waals surface area (Å²) in [6.07, 6.45) is 4.12. The summed E-state index contributed by atoms with van der Waals surface area (Å²) in [5, 5.41) is 5.93. The van der Waals surface area contributed by atoms with Gasteiger partial charge in [-0.1, -0.05) is 55.5 Å². The maximum Gasteiger partial charge on any atom is 0.134 e. The molecule has 0 amide bonds. The quantitative estimate of drug-likeness (QED) is 0.189. The maximum absolute atomic E-state index is 12.9. The Morgan fingerprint density at radius 1 is 0.974 bits per heavy atom. The van der Waals surface area contributed by atoms with E-state index in [1.54, 1.807) is 0 Å². The smallest absolute Gasteiger partial charge is 0.134 e. The highest BCUT2D eigenvalue weighted by atomic mass is 16.1. The van der Waals surface area contributed by atoms with Gasteiger partial charge in [-0.3, -0.25) is 9.59 Å². The van der Waals surface area contributed by atoms with E-state index in [9.17, 15) is 9.59 Å². The molecule has 1 atom stereocenters. The van der Waals surface area contributed by atoms with E-state index in [1.807, 2.05) is 50.4 Å². The predicted molar refractivity (Wildman–Crippen MR) is 156 cm³/mol. The second kappa shape index (κ2) is 12.2. The summed E-state index contributed by atoms with van der Waals surface area (Å²) in [6.45, 7) is 5.25. The molecule has 200 valence electrons. The standard InChI is InChI=1S/C32H35N5O2/c1-3-26(38)11-8-12-27(39)20-29(33-17-18-37-22(2)35-28-13-6-7-14-31(28)37)32-34-21-30(36-32)25-16-15-23-9-4-5-10-24(23)19-25/h4-7,9-10,13-16,19,21,29,33H,3,8,11-12,17-18,20H2,1-2H3,(H,34,36)/t29-/m0/s1. The molecule has 0 unspecified atom stereocenters. The summed E-state index contributed by atoms with van der Waals surface area (Å²) < 4.78 is 2.19. The average Bonchev–Trinajstić information content (AvgIpc) is 3.57. The number of nitrogens with zero attached hydrogens (tertiary/aromatic N) is 3. The van der Waals surface area contributed by atoms with Crippen molar-refractivity contribution < 1.29 is 9.59 Å². The summed E-state index contributed by atoms with van der Waals surface area (Å²) >= 11 is 0. The van der Waals surface area contributed by atoms with Crippen molar-refractivity contribution >= 4 is 33.4 Å². The first-order chi connectivity index (χ1) is 19.0. The summed E-state index contributed by atoms with van der Waals surface area (Å²) in [5.74, 6) is 2.03. The summed E-state index contributed by atoms with van der Waals surface area (Å²) in [6, 6.07) is 22.5. The molecule has 5 rings (SSSR count). The molecule has 0 aliphatic carbocycles. The fourth-order valence-corrected chi connectivity index (χ4v) is 5.10. The second-order valence-electron chi connectivity index (χ2n) is 10.0. The van der Waals surface area contributed by atoms with Gasteiger partial charge in [0.1, 0.15) is 23.2 Å². The molecular weight excluding hydrogens is 486 g/mol. The highest BCUT2D eigenvalue weighted by Gasteiger charge is 2.20. The first kappa shape index (κ1) is 26.5. The molecule has 7 heteroatoms. The number of para-hydroxylation sites is 2. The van der Waals surface area contributed by atoms with Gasteiger partial charge in [0, 0.05) is 44.3 Å². The van der Waals surface area contributed by atoms with E-state index in [-0.39, 0.29) is 17.6 Å². The Hall–Kier alpha value is -4.10. The molecule has 0 aliphatic rings. The van der Waals surface area contributed by atoms with E-state index in [0.29, 0.717) is 38.6 Å². The van der Waals surface area contributed by atoms with Crippen molar-refractivity contribution in [2.24, 2.45) is 0 Å². The van der Waals surface area contributed by atoms with E-state index in [1.165, 1.54) is 10.8 Å². The number of fused-ring (bicyclic) bond motifs is 2. The normalized spacial score (nSPS) is 12.3. The number of nitrogens with one attached hydrogen (secondary N) is 2. The van der Waals surface area contributed by atoms with Crippen molar-refractivity contribution in [1.29, 1.82) is 0 Å². The molecule has 3 aromatic carbocycles. The minimum atomic E-state index is -0.260. The van der Waals surface area contributed by atoms with Gasteiger partial charge in [-0.25, -0.2) is 9.97 Å². The number of rotatable bonds is 13. The van der Waals surface area contributed by atoms with Crippen molar-refractivity contribution in [1.82, 2.24) is 24.8 Å². The molecule has 0 fully saturated rings. The van der Waals surface area contributed by atoms with Crippen molar-refractivity contribution in [3.05, 3.63) is 84.6 Å². The van der Waals surface area contributed by atoms with Gasteiger partial charge in [0.05, 0.1) is 29.0 Å². The molecule has 0 bridgehead atoms. The van der Waals surface area contributed by atoms with Gasteiger partial charge in [-0.05, 0) is 42.3 Å². The number of Topliss-reactive ketones (excluding diaryl/α,β-unsaturated/α-hetero) is 2. The lowest BCUT2D eigenvalue weighted by Crippen LogP contribution is -2.28. The molecule has 0 saturated heterocycles. The van der Waals surface area contributed by atoms with E-state index in [2.05, 4.69) is 61.2 Å². The first-order valence-corrected chi connectivity index (χ1v) is 13.7. The Bertz CT molecular complexity index is 1600. The number of carbonyl (C=O) groups excluding carboxylic acids is 2. The van der Waals surface area contributed by atoms with Crippen LogP contribution >= 0.6 is 0 Å². The van der Waals surface area contributed by atoms with Crippen molar-refractivity contribution in [2.75, 3.05) is 6.54 Å². The van der Waals surface area contributed by atoms with Crippen LogP contribution in [0.2, 0.25) is 0 Å². The molecule has 2 N–H and O–H groups in total. The lowest BCUT2D eigenvalue weighted by Gasteiger charge is -2.17. The zero-order chi connectivity index (χ0) is 27.2. The van der Waals surface area contributed by atoms with Crippen LogP contribution in [0.3, 0.4) is 0 Å². The lowest BCUT2D eigenvalue weighted by molar-refractivity contribution is -0.120. The molecule has 7 nitrogen and oxygen atoms in total. The Morgan fingerprint density at radius 3 is 2.59 bits per heavy atom. The van der Waals surface area contributed by atoms with E-state index >= 15 is 0 Å². The number of hydrogen-bond acceptors (Lipinski definition) is 5. The van der Waals surface area contributed by atoms with Crippen molar-refractivity contribution in [3.8, 4) is 11.3 Å². The van der Waals surface area contributed by atoms with Crippen LogP contribution < -0.4 is 5.32 Å². The molecule has 5 aromatic rings. The number of carbonyl (C=O) groups is 2. The molecule has 2 aromatic heterocycles. The number of hydrogen-bond donors (Lipinski definition) is 2. The number of imidazole rings is 2. The lowest BCUT2D eigenvalue weighted by atomic mass is 10.0. The van der Waals surface area contributed by atoms with Crippen LogP contribution in [0.5, 0.6) is 0 Å². The van der Waals surface area contributed by atoms with Crippen LogP contribution in [0.4, 0.5) is 0 Å². The van der Waals surface area contributed by atoms with Crippen LogP contribution in [0.25, 0.3) is 33.1 Å². The molecule has 0 aliphatic heterocycles. The van der Waals surface area contributed by atoms with E-state index < -0.39 is 0 Å². The predicted octanol–water partition coefficient (Wildman–Crippen LogP) is 6.33. The van der Waals surface area contributed by atoms with Crippen molar-refractivity contribution in [3.63, 3.8) is 0 Å². The van der Waals surface area contributed by atoms with Gasteiger partial charge in [0.25, 0.3) is 0 Å². The monoisotopic (exact) mass is 521 g/mol. The van der Waals surface area contributed by atoms with E-state index in [0.717, 1.165) is 40.5 Å². The third-order valence-electron chi connectivity index (χ3n) is 7.29. The Balaban J connectivity index is 1.32. The number of ketones is 2. The number of benzene rings is 3. The zero-order valence-corrected chi connectivity index (χ0v) is 22.6. The molecular formula is C32H35N5O2. The third-order valence-corrected chi connectivity index (χ3v) is 7.29. The fraction of sp³-hybridized carbons (Fsp3) is 0.312. The molecule has 0 saturated carbocycles. The third kappa shape index (κ3) is 6.32. The highest BCUT2D eigenvalue weighted by Crippen LogP contribution is 2.25. The maximum atomic E-state index is 12.9. The minimum absolute atomic E-state index is 0.129. The van der Waals surface area contributed by atoms with Crippen LogP contribution in [-0.2, 0) is 16.1 Å². The zero-order valence-electron chi connectivity index (χ0n) is 22.6. The van der Waals surface area contributed by atoms with Gasteiger partial charge < -0.3 is 14.9 Å². The molecule has 0 radical (unpaired) electrons. The van der Waals surface area contributed by atoms with Gasteiger partial charge >= 0.3 is 0 Å². The summed E-state index contributed by atoms with van der Waals surface area (Å²) in [5.41, 5.74) is 4.05. The molecule has 39 heavy (non-hydrogen) atoms. The first-order valence-electron chi connectivity index (χ1n) is 13.7. The fourth-order valence-electron chi connectivity index (χ4n) is 5.10. The van der Waals surface area contributed by atoms with E-state index in [4.69, 9.17) is 0 Å². The minimum Gasteiger partial charge on any atom is -0.341 e. The number of aromatic amines is 1. The summed E-state index contributed by atoms with van der Waals surface area (Å²) in [7, 11) is 0. The molecule has 0 spiro atoms. The summed E-state index contributed by atoms with van der Waals surface area (Å²) in [4.78, 5) is 37.4. The van der Waals surface area contributed by atoms with Crippen molar-refractivity contribution in [2.45, 2.75) is 58.5 Å². The van der Waals surface area contributed by atoms with Gasteiger partial charge in [0.2, 0.25) is 0 Å². The Labute approximate surface area is 228 Å². The topological polar surface area (TPSA) is 92.7 Å².